The Hall–Kier alpha value is -5.40. The van der Waals surface area contributed by atoms with Gasteiger partial charge in [-0.15, -0.1) is 0 Å². The molecule has 0 aromatic heterocycles. The second-order valence-corrected chi connectivity index (χ2v) is 15.2. The summed E-state index contributed by atoms with van der Waals surface area (Å²) in [5.74, 6) is 0. The molecule has 0 saturated carbocycles. The van der Waals surface area contributed by atoms with Gasteiger partial charge in [0.1, 0.15) is 0 Å². The van der Waals surface area contributed by atoms with E-state index in [2.05, 4.69) is 184 Å². The van der Waals surface area contributed by atoms with Crippen molar-refractivity contribution in [2.24, 2.45) is 0 Å². The molecule has 244 valence electrons. The van der Waals surface area contributed by atoms with Crippen LogP contribution in [0.15, 0.2) is 157 Å². The molecule has 0 radical (unpaired) electrons. The molecule has 1 heteroatoms. The van der Waals surface area contributed by atoms with Crippen LogP contribution < -0.4 is 4.90 Å². The van der Waals surface area contributed by atoms with E-state index in [1.54, 1.807) is 0 Å². The number of rotatable bonds is 5. The van der Waals surface area contributed by atoms with Crippen LogP contribution in [0, 0.1) is 0 Å². The van der Waals surface area contributed by atoms with E-state index in [-0.39, 0.29) is 10.8 Å². The standard InChI is InChI=1S/C49H43N/c1-48(2)44-20-12-10-18-42(44)47-39(16-8-13-21-45(47)48)35-24-28-37(29-25-35)50(36-26-22-34(23-27-36)33-14-6-5-7-15-33)38-30-31-41-40-17-9-11-19-43(40)49(3,4)46(41)32-38/h5-7,9-12,14-15,17-32H,8,13,16H2,1-4H3. The summed E-state index contributed by atoms with van der Waals surface area (Å²) in [7, 11) is 0. The van der Waals surface area contributed by atoms with Crippen molar-refractivity contribution >= 4 is 28.2 Å². The molecule has 0 heterocycles. The Morgan fingerprint density at radius 3 is 1.70 bits per heavy atom. The van der Waals surface area contributed by atoms with Crippen molar-refractivity contribution in [3.63, 3.8) is 0 Å². The number of benzene rings is 6. The number of hydrogen-bond acceptors (Lipinski definition) is 1. The maximum Gasteiger partial charge on any atom is 0.0465 e. The van der Waals surface area contributed by atoms with Crippen LogP contribution in [0.3, 0.4) is 0 Å². The Bertz CT molecular complexity index is 2310. The summed E-state index contributed by atoms with van der Waals surface area (Å²) in [6, 6.07) is 54.1. The molecule has 0 spiro atoms. The van der Waals surface area contributed by atoms with Gasteiger partial charge >= 0.3 is 0 Å². The molecule has 6 aromatic carbocycles. The second kappa shape index (κ2) is 11.6. The molecule has 3 aliphatic rings. The predicted octanol–water partition coefficient (Wildman–Crippen LogP) is 13.4. The maximum atomic E-state index is 2.52. The first kappa shape index (κ1) is 30.6. The molecule has 0 amide bonds. The number of allylic oxidation sites excluding steroid dienone is 4. The van der Waals surface area contributed by atoms with Crippen LogP contribution in [-0.4, -0.2) is 0 Å². The monoisotopic (exact) mass is 645 g/mol. The lowest BCUT2D eigenvalue weighted by Crippen LogP contribution is -2.16. The van der Waals surface area contributed by atoms with E-state index in [0.29, 0.717) is 0 Å². The van der Waals surface area contributed by atoms with E-state index in [0.717, 1.165) is 24.2 Å². The summed E-state index contributed by atoms with van der Waals surface area (Å²) in [6.07, 6.45) is 5.91. The summed E-state index contributed by atoms with van der Waals surface area (Å²) >= 11 is 0. The van der Waals surface area contributed by atoms with Gasteiger partial charge in [0.25, 0.3) is 0 Å². The summed E-state index contributed by atoms with van der Waals surface area (Å²) in [4.78, 5) is 2.43. The third-order valence-corrected chi connectivity index (χ3v) is 11.6. The number of anilines is 3. The van der Waals surface area contributed by atoms with Gasteiger partial charge in [-0.25, -0.2) is 0 Å². The van der Waals surface area contributed by atoms with E-state index in [9.17, 15) is 0 Å². The summed E-state index contributed by atoms with van der Waals surface area (Å²) in [5.41, 5.74) is 20.0. The van der Waals surface area contributed by atoms with Crippen molar-refractivity contribution in [3.8, 4) is 22.3 Å². The highest BCUT2D eigenvalue weighted by molar-refractivity contribution is 6.04. The van der Waals surface area contributed by atoms with E-state index in [1.807, 2.05) is 0 Å². The third-order valence-electron chi connectivity index (χ3n) is 11.6. The van der Waals surface area contributed by atoms with Gasteiger partial charge in [0, 0.05) is 27.9 Å². The third kappa shape index (κ3) is 4.75. The molecule has 3 aliphatic carbocycles. The van der Waals surface area contributed by atoms with Crippen LogP contribution in [0.25, 0.3) is 33.4 Å². The highest BCUT2D eigenvalue weighted by Crippen LogP contribution is 2.55. The molecule has 0 atom stereocenters. The predicted molar refractivity (Wildman–Crippen MR) is 212 cm³/mol. The summed E-state index contributed by atoms with van der Waals surface area (Å²) in [5, 5.41) is 0. The van der Waals surface area contributed by atoms with Crippen molar-refractivity contribution in [3.05, 3.63) is 185 Å². The van der Waals surface area contributed by atoms with Crippen LogP contribution >= 0.6 is 0 Å². The van der Waals surface area contributed by atoms with Crippen LogP contribution in [-0.2, 0) is 10.8 Å². The van der Waals surface area contributed by atoms with Gasteiger partial charge in [-0.3, -0.25) is 0 Å². The zero-order valence-corrected chi connectivity index (χ0v) is 29.5. The van der Waals surface area contributed by atoms with Crippen LogP contribution in [0.4, 0.5) is 17.1 Å². The largest absolute Gasteiger partial charge is 0.310 e. The smallest absolute Gasteiger partial charge is 0.0465 e. The molecule has 1 nitrogen and oxygen atoms in total. The minimum atomic E-state index is -0.0709. The molecular formula is C49H43N. The molecular weight excluding hydrogens is 603 g/mol. The molecule has 50 heavy (non-hydrogen) atoms. The summed E-state index contributed by atoms with van der Waals surface area (Å²) < 4.78 is 0. The number of hydrogen-bond donors (Lipinski definition) is 0. The van der Waals surface area contributed by atoms with E-state index >= 15 is 0 Å². The molecule has 9 rings (SSSR count). The fraction of sp³-hybridized carbons (Fsp3) is 0.184. The first-order valence-electron chi connectivity index (χ1n) is 18.2. The maximum absolute atomic E-state index is 2.52. The second-order valence-electron chi connectivity index (χ2n) is 15.2. The Kier molecular flexibility index (Phi) is 7.11. The lowest BCUT2D eigenvalue weighted by atomic mass is 9.81. The Labute approximate surface area is 297 Å². The first-order chi connectivity index (χ1) is 24.3. The van der Waals surface area contributed by atoms with Gasteiger partial charge in [0.15, 0.2) is 0 Å². The SMILES string of the molecule is CC1(C)C2=CCCCC(c3ccc(N(c4ccc(-c5ccccc5)cc4)c4ccc5c(c4)C(C)(C)c4ccccc4-5)cc3)=C2c2ccccc21. The lowest BCUT2D eigenvalue weighted by Gasteiger charge is -2.28. The molecule has 0 aliphatic heterocycles. The minimum Gasteiger partial charge on any atom is -0.310 e. The molecule has 0 unspecified atom stereocenters. The highest BCUT2D eigenvalue weighted by Gasteiger charge is 2.40. The molecule has 0 fully saturated rings. The van der Waals surface area contributed by atoms with E-state index in [1.165, 1.54) is 78.9 Å². The number of nitrogens with zero attached hydrogens (tertiary/aromatic N) is 1. The fourth-order valence-electron chi connectivity index (χ4n) is 8.99. The van der Waals surface area contributed by atoms with Crippen LogP contribution in [0.1, 0.15) is 74.8 Å². The first-order valence-corrected chi connectivity index (χ1v) is 18.2. The minimum absolute atomic E-state index is 0.0190. The van der Waals surface area contributed by atoms with E-state index < -0.39 is 0 Å². The molecule has 0 saturated heterocycles. The van der Waals surface area contributed by atoms with Gasteiger partial charge in [0.05, 0.1) is 0 Å². The average Bonchev–Trinajstić information content (AvgIpc) is 3.37. The van der Waals surface area contributed by atoms with Crippen molar-refractivity contribution in [2.75, 3.05) is 4.90 Å². The summed E-state index contributed by atoms with van der Waals surface area (Å²) in [6.45, 7) is 9.52. The number of fused-ring (bicyclic) bond motifs is 6. The van der Waals surface area contributed by atoms with Gasteiger partial charge in [-0.1, -0.05) is 143 Å². The van der Waals surface area contributed by atoms with Gasteiger partial charge < -0.3 is 4.90 Å². The van der Waals surface area contributed by atoms with Crippen molar-refractivity contribution in [1.29, 1.82) is 0 Å². The zero-order chi connectivity index (χ0) is 34.0. The van der Waals surface area contributed by atoms with Crippen molar-refractivity contribution in [2.45, 2.75) is 57.8 Å². The van der Waals surface area contributed by atoms with Gasteiger partial charge in [0.2, 0.25) is 0 Å². The molecule has 6 aromatic rings. The normalized spacial score (nSPS) is 16.5. The van der Waals surface area contributed by atoms with Gasteiger partial charge in [-0.05, 0) is 122 Å². The topological polar surface area (TPSA) is 3.24 Å². The highest BCUT2D eigenvalue weighted by atomic mass is 15.1. The van der Waals surface area contributed by atoms with Crippen LogP contribution in [0.5, 0.6) is 0 Å². The average molecular weight is 646 g/mol. The fourth-order valence-corrected chi connectivity index (χ4v) is 8.99. The Morgan fingerprint density at radius 1 is 0.460 bits per heavy atom. The Balaban J connectivity index is 1.16. The van der Waals surface area contributed by atoms with Gasteiger partial charge in [-0.2, -0.15) is 0 Å². The van der Waals surface area contributed by atoms with Crippen molar-refractivity contribution < 1.29 is 0 Å². The van der Waals surface area contributed by atoms with Crippen molar-refractivity contribution in [1.82, 2.24) is 0 Å². The quantitative estimate of drug-likeness (QED) is 0.180. The Morgan fingerprint density at radius 2 is 1.00 bits per heavy atom. The lowest BCUT2D eigenvalue weighted by molar-refractivity contribution is 0.657. The van der Waals surface area contributed by atoms with Crippen LogP contribution in [0.2, 0.25) is 0 Å². The molecule has 0 N–H and O–H groups in total. The van der Waals surface area contributed by atoms with E-state index in [4.69, 9.17) is 0 Å². The molecule has 0 bridgehead atoms. The zero-order valence-electron chi connectivity index (χ0n) is 29.5.